The third kappa shape index (κ3) is 5.40. The Morgan fingerprint density at radius 2 is 1.65 bits per heavy atom. The smallest absolute Gasteiger partial charge is 0.313 e. The largest absolute Gasteiger partial charge is 0.342 e. The molecule has 1 rings (SSSR count). The molecular weight excluding hydrogens is 254 g/mol. The number of aryl methyl sites for hydroxylation is 1. The Kier molecular flexibility index (Phi) is 6.73. The molecule has 0 aliphatic heterocycles. The minimum atomic E-state index is -0.622. The van der Waals surface area contributed by atoms with Crippen LogP contribution in [0.1, 0.15) is 19.4 Å². The zero-order valence-corrected chi connectivity index (χ0v) is 12.5. The first kappa shape index (κ1) is 16.2. The van der Waals surface area contributed by atoms with E-state index in [1.54, 1.807) is 12.1 Å². The van der Waals surface area contributed by atoms with E-state index in [1.807, 2.05) is 19.1 Å². The van der Waals surface area contributed by atoms with Gasteiger partial charge in [-0.2, -0.15) is 0 Å². The minimum Gasteiger partial charge on any atom is -0.342 e. The van der Waals surface area contributed by atoms with Gasteiger partial charge in [-0.15, -0.1) is 0 Å². The lowest BCUT2D eigenvalue weighted by molar-refractivity contribution is -0.895. The van der Waals surface area contributed by atoms with E-state index in [9.17, 15) is 9.59 Å². The molecule has 5 nitrogen and oxygen atoms in total. The van der Waals surface area contributed by atoms with Crippen LogP contribution in [0.15, 0.2) is 24.3 Å². The molecule has 1 aromatic rings. The number of hydrogen-bond acceptors (Lipinski definition) is 2. The van der Waals surface area contributed by atoms with Crippen molar-refractivity contribution in [3.8, 4) is 0 Å². The van der Waals surface area contributed by atoms with Crippen LogP contribution in [-0.2, 0) is 9.59 Å². The fourth-order valence-corrected chi connectivity index (χ4v) is 1.86. The lowest BCUT2D eigenvalue weighted by Crippen LogP contribution is -3.12. The summed E-state index contributed by atoms with van der Waals surface area (Å²) in [5.74, 6) is -1.21. The van der Waals surface area contributed by atoms with Crippen molar-refractivity contribution in [1.82, 2.24) is 5.32 Å². The van der Waals surface area contributed by atoms with Gasteiger partial charge in [0.25, 0.3) is 0 Å². The molecule has 2 amide bonds. The Labute approximate surface area is 120 Å². The SMILES string of the molecule is CC[NH+](CC)CCNC(=O)C(=O)Nc1ccc(C)cc1. The highest BCUT2D eigenvalue weighted by atomic mass is 16.2. The summed E-state index contributed by atoms with van der Waals surface area (Å²) in [5, 5.41) is 5.22. The van der Waals surface area contributed by atoms with Gasteiger partial charge in [-0.1, -0.05) is 17.7 Å². The lowest BCUT2D eigenvalue weighted by atomic mass is 10.2. The number of hydrogen-bond donors (Lipinski definition) is 3. The molecule has 5 heteroatoms. The molecule has 0 atom stereocenters. The monoisotopic (exact) mass is 278 g/mol. The fraction of sp³-hybridized carbons (Fsp3) is 0.467. The summed E-state index contributed by atoms with van der Waals surface area (Å²) >= 11 is 0. The minimum absolute atomic E-state index is 0.511. The zero-order valence-electron chi connectivity index (χ0n) is 12.5. The van der Waals surface area contributed by atoms with Gasteiger partial charge in [-0.25, -0.2) is 0 Å². The molecule has 0 heterocycles. The van der Waals surface area contributed by atoms with Gasteiger partial charge in [0.05, 0.1) is 26.2 Å². The maximum absolute atomic E-state index is 11.7. The quantitative estimate of drug-likeness (QED) is 0.640. The number of carbonyl (C=O) groups excluding carboxylic acids is 2. The first-order chi connectivity index (χ1) is 9.56. The van der Waals surface area contributed by atoms with Crippen molar-refractivity contribution in [3.63, 3.8) is 0 Å². The molecule has 0 saturated heterocycles. The Morgan fingerprint density at radius 3 is 2.20 bits per heavy atom. The maximum Gasteiger partial charge on any atom is 0.313 e. The predicted molar refractivity (Wildman–Crippen MR) is 79.7 cm³/mol. The van der Waals surface area contributed by atoms with Crippen molar-refractivity contribution in [2.75, 3.05) is 31.5 Å². The van der Waals surface area contributed by atoms with Gasteiger partial charge in [-0.05, 0) is 32.9 Å². The summed E-state index contributed by atoms with van der Waals surface area (Å²) in [6.07, 6.45) is 0. The van der Waals surface area contributed by atoms with Crippen LogP contribution in [0.25, 0.3) is 0 Å². The van der Waals surface area contributed by atoms with Crippen molar-refractivity contribution in [2.45, 2.75) is 20.8 Å². The first-order valence-electron chi connectivity index (χ1n) is 7.06. The van der Waals surface area contributed by atoms with Gasteiger partial charge in [0.15, 0.2) is 0 Å². The van der Waals surface area contributed by atoms with Crippen LogP contribution in [0.4, 0.5) is 5.69 Å². The van der Waals surface area contributed by atoms with Gasteiger partial charge in [-0.3, -0.25) is 9.59 Å². The van der Waals surface area contributed by atoms with E-state index in [2.05, 4.69) is 24.5 Å². The molecule has 0 aromatic heterocycles. The molecule has 0 unspecified atom stereocenters. The van der Waals surface area contributed by atoms with E-state index >= 15 is 0 Å². The second-order valence-electron chi connectivity index (χ2n) is 4.78. The van der Waals surface area contributed by atoms with Gasteiger partial charge in [0, 0.05) is 5.69 Å². The van der Waals surface area contributed by atoms with Gasteiger partial charge >= 0.3 is 11.8 Å². The molecule has 0 aliphatic carbocycles. The summed E-state index contributed by atoms with van der Waals surface area (Å²) < 4.78 is 0. The zero-order chi connectivity index (χ0) is 15.0. The second kappa shape index (κ2) is 8.32. The number of carbonyl (C=O) groups is 2. The number of nitrogens with one attached hydrogen (secondary N) is 3. The van der Waals surface area contributed by atoms with Gasteiger partial charge in [0.1, 0.15) is 0 Å². The number of amides is 2. The van der Waals surface area contributed by atoms with Gasteiger partial charge in [0.2, 0.25) is 0 Å². The van der Waals surface area contributed by atoms with Crippen LogP contribution in [0.3, 0.4) is 0 Å². The first-order valence-corrected chi connectivity index (χ1v) is 7.06. The van der Waals surface area contributed by atoms with Crippen LogP contribution >= 0.6 is 0 Å². The van der Waals surface area contributed by atoms with E-state index in [0.29, 0.717) is 12.2 Å². The molecule has 0 fully saturated rings. The number of quaternary nitrogens is 1. The third-order valence-corrected chi connectivity index (χ3v) is 3.28. The molecule has 0 aliphatic rings. The second-order valence-corrected chi connectivity index (χ2v) is 4.78. The molecule has 0 spiro atoms. The Balaban J connectivity index is 2.36. The van der Waals surface area contributed by atoms with E-state index in [0.717, 1.165) is 25.2 Å². The molecule has 110 valence electrons. The van der Waals surface area contributed by atoms with Crippen molar-refractivity contribution < 1.29 is 14.5 Å². The predicted octanol–water partition coefficient (Wildman–Crippen LogP) is -0.0256. The molecule has 3 N–H and O–H groups in total. The highest BCUT2D eigenvalue weighted by Crippen LogP contribution is 2.07. The fourth-order valence-electron chi connectivity index (χ4n) is 1.86. The van der Waals surface area contributed by atoms with Gasteiger partial charge < -0.3 is 15.5 Å². The molecule has 0 saturated carbocycles. The standard InChI is InChI=1S/C15H23N3O2/c1-4-18(5-2)11-10-16-14(19)15(20)17-13-8-6-12(3)7-9-13/h6-9H,4-5,10-11H2,1-3H3,(H,16,19)(H,17,20)/p+1. The number of likely N-dealkylation sites (N-methyl/N-ethyl adjacent to an activating group) is 1. The Bertz CT molecular complexity index is 439. The topological polar surface area (TPSA) is 62.6 Å². The third-order valence-electron chi connectivity index (χ3n) is 3.28. The van der Waals surface area contributed by atoms with Crippen molar-refractivity contribution in [2.24, 2.45) is 0 Å². The van der Waals surface area contributed by atoms with Crippen LogP contribution < -0.4 is 15.5 Å². The summed E-state index contributed by atoms with van der Waals surface area (Å²) in [6.45, 7) is 9.54. The highest BCUT2D eigenvalue weighted by molar-refractivity contribution is 6.39. The number of benzene rings is 1. The molecule has 1 aromatic carbocycles. The lowest BCUT2D eigenvalue weighted by Gasteiger charge is -2.15. The average Bonchev–Trinajstić information content (AvgIpc) is 2.45. The van der Waals surface area contributed by atoms with E-state index in [1.165, 1.54) is 4.90 Å². The summed E-state index contributed by atoms with van der Waals surface area (Å²) in [4.78, 5) is 24.7. The molecular formula is C15H24N3O2+. The van der Waals surface area contributed by atoms with E-state index in [4.69, 9.17) is 0 Å². The van der Waals surface area contributed by atoms with Crippen molar-refractivity contribution in [1.29, 1.82) is 0 Å². The molecule has 0 radical (unpaired) electrons. The summed E-state index contributed by atoms with van der Waals surface area (Å²) in [6, 6.07) is 7.33. The molecule has 20 heavy (non-hydrogen) atoms. The number of rotatable bonds is 6. The van der Waals surface area contributed by atoms with Crippen LogP contribution in [0.2, 0.25) is 0 Å². The molecule has 0 bridgehead atoms. The Morgan fingerprint density at radius 1 is 1.05 bits per heavy atom. The van der Waals surface area contributed by atoms with Crippen LogP contribution in [-0.4, -0.2) is 38.0 Å². The van der Waals surface area contributed by atoms with E-state index in [-0.39, 0.29) is 0 Å². The average molecular weight is 278 g/mol. The number of anilines is 1. The maximum atomic E-state index is 11.7. The van der Waals surface area contributed by atoms with Crippen molar-refractivity contribution in [3.05, 3.63) is 29.8 Å². The van der Waals surface area contributed by atoms with Crippen LogP contribution in [0.5, 0.6) is 0 Å². The highest BCUT2D eigenvalue weighted by Gasteiger charge is 2.13. The summed E-state index contributed by atoms with van der Waals surface area (Å²) in [5.41, 5.74) is 1.74. The van der Waals surface area contributed by atoms with E-state index < -0.39 is 11.8 Å². The Hall–Kier alpha value is -1.88. The van der Waals surface area contributed by atoms with Crippen LogP contribution in [0, 0.1) is 6.92 Å². The normalized spacial score (nSPS) is 10.4. The van der Waals surface area contributed by atoms with Crippen molar-refractivity contribution >= 4 is 17.5 Å². The summed E-state index contributed by atoms with van der Waals surface area (Å²) in [7, 11) is 0.